The van der Waals surface area contributed by atoms with Gasteiger partial charge >= 0.3 is 6.09 Å². The van der Waals surface area contributed by atoms with E-state index in [4.69, 9.17) is 0 Å². The minimum Gasteiger partial charge on any atom is -0.465 e. The zero-order valence-electron chi connectivity index (χ0n) is 23.6. The molecule has 0 unspecified atom stereocenters. The molecule has 2 heterocycles. The summed E-state index contributed by atoms with van der Waals surface area (Å²) in [5.41, 5.74) is 0. The van der Waals surface area contributed by atoms with Crippen molar-refractivity contribution in [1.82, 2.24) is 31.5 Å². The molecule has 4 atom stereocenters. The molecule has 2 fully saturated rings. The van der Waals surface area contributed by atoms with Crippen LogP contribution in [0.4, 0.5) is 9.18 Å². The van der Waals surface area contributed by atoms with Crippen molar-refractivity contribution in [2.24, 2.45) is 11.8 Å². The molecule has 0 aromatic carbocycles. The molecule has 0 radical (unpaired) electrons. The molecule has 0 spiro atoms. The van der Waals surface area contributed by atoms with Gasteiger partial charge in [-0.3, -0.25) is 24.0 Å². The Morgan fingerprint density at radius 3 is 2.05 bits per heavy atom. The average Bonchev–Trinajstić information content (AvgIpc) is 3.26. The molecule has 40 heavy (non-hydrogen) atoms. The number of Topliss-reactive ketones (excluding diaryl/α,β-unsaturated/α-hetero) is 1. The quantitative estimate of drug-likeness (QED) is 0.154. The van der Waals surface area contributed by atoms with Gasteiger partial charge in [-0.05, 0) is 51.9 Å². The lowest BCUT2D eigenvalue weighted by Crippen LogP contribution is -2.59. The number of hydrogen-bond acceptors (Lipinski definition) is 7. The van der Waals surface area contributed by atoms with Crippen molar-refractivity contribution in [3.05, 3.63) is 0 Å². The fourth-order valence-corrected chi connectivity index (χ4v) is 4.81. The van der Waals surface area contributed by atoms with Crippen molar-refractivity contribution in [2.75, 3.05) is 26.2 Å². The van der Waals surface area contributed by atoms with Crippen molar-refractivity contribution in [3.8, 4) is 0 Å². The van der Waals surface area contributed by atoms with Crippen LogP contribution >= 0.6 is 0 Å². The minimum atomic E-state index is -1.43. The summed E-state index contributed by atoms with van der Waals surface area (Å²) >= 11 is 0. The van der Waals surface area contributed by atoms with E-state index < -0.39 is 59.8 Å². The lowest BCUT2D eigenvalue weighted by Gasteiger charge is -2.32. The van der Waals surface area contributed by atoms with Gasteiger partial charge in [0.05, 0.1) is 6.04 Å². The second-order valence-electron chi connectivity index (χ2n) is 11.2. The van der Waals surface area contributed by atoms with Crippen LogP contribution in [0, 0.1) is 11.8 Å². The number of alkyl halides is 1. The van der Waals surface area contributed by atoms with E-state index in [-0.39, 0.29) is 50.1 Å². The molecule has 0 aromatic heterocycles. The van der Waals surface area contributed by atoms with E-state index in [1.165, 1.54) is 0 Å². The summed E-state index contributed by atoms with van der Waals surface area (Å²) in [6.45, 7) is 8.14. The Hall–Kier alpha value is -3.29. The maximum absolute atomic E-state index is 13.5. The van der Waals surface area contributed by atoms with Crippen molar-refractivity contribution in [1.29, 1.82) is 0 Å². The molecule has 14 heteroatoms. The normalized spacial score (nSPS) is 20.4. The van der Waals surface area contributed by atoms with Crippen LogP contribution in [-0.2, 0) is 24.0 Å². The highest BCUT2D eigenvalue weighted by Crippen LogP contribution is 2.18. The summed E-state index contributed by atoms with van der Waals surface area (Å²) < 4.78 is 13.5. The molecule has 6 N–H and O–H groups in total. The van der Waals surface area contributed by atoms with Gasteiger partial charge in [0.15, 0.2) is 0 Å². The van der Waals surface area contributed by atoms with Gasteiger partial charge in [-0.1, -0.05) is 13.8 Å². The fraction of sp³-hybridized carbons (Fsp3) is 0.769. The number of halogens is 1. The molecular weight excluding hydrogens is 527 g/mol. The molecule has 2 rings (SSSR count). The lowest BCUT2D eigenvalue weighted by atomic mass is 9.94. The number of carboxylic acid groups (broad SMARTS) is 1. The summed E-state index contributed by atoms with van der Waals surface area (Å²) in [6.07, 6.45) is -1.30. The lowest BCUT2D eigenvalue weighted by molar-refractivity contribution is -0.141. The van der Waals surface area contributed by atoms with Gasteiger partial charge in [0.25, 0.3) is 5.91 Å². The van der Waals surface area contributed by atoms with Crippen molar-refractivity contribution < 1.29 is 38.3 Å². The highest BCUT2D eigenvalue weighted by atomic mass is 19.1. The van der Waals surface area contributed by atoms with Gasteiger partial charge in [0, 0.05) is 38.1 Å². The van der Waals surface area contributed by atoms with Crippen LogP contribution in [-0.4, -0.2) is 102 Å². The zero-order chi connectivity index (χ0) is 30.0. The Balaban J connectivity index is 2.19. The monoisotopic (exact) mass is 570 g/mol. The first-order chi connectivity index (χ1) is 18.8. The van der Waals surface area contributed by atoms with Crippen LogP contribution in [0.5, 0.6) is 0 Å². The van der Waals surface area contributed by atoms with E-state index >= 15 is 0 Å². The third-order valence-electron chi connectivity index (χ3n) is 6.87. The number of ketones is 1. The number of nitrogens with one attached hydrogen (secondary N) is 5. The van der Waals surface area contributed by atoms with Crippen molar-refractivity contribution in [2.45, 2.75) is 90.1 Å². The molecule has 0 aliphatic carbocycles. The van der Waals surface area contributed by atoms with Crippen LogP contribution < -0.4 is 26.6 Å². The first-order valence-corrected chi connectivity index (χ1v) is 13.9. The van der Waals surface area contributed by atoms with Crippen LogP contribution in [0.15, 0.2) is 0 Å². The number of likely N-dealkylation sites (tertiary alicyclic amines) is 1. The third kappa shape index (κ3) is 10.7. The first-order valence-electron chi connectivity index (χ1n) is 13.9. The van der Waals surface area contributed by atoms with Crippen LogP contribution in [0.1, 0.15) is 59.8 Å². The minimum absolute atomic E-state index is 0.00581. The predicted molar refractivity (Wildman–Crippen MR) is 143 cm³/mol. The maximum Gasteiger partial charge on any atom is 0.405 e. The molecule has 13 nitrogen and oxygen atoms in total. The summed E-state index contributed by atoms with van der Waals surface area (Å²) in [4.78, 5) is 77.4. The van der Waals surface area contributed by atoms with Gasteiger partial charge in [0.2, 0.25) is 23.5 Å². The number of rotatable bonds is 14. The Morgan fingerprint density at radius 2 is 1.52 bits per heavy atom. The smallest absolute Gasteiger partial charge is 0.405 e. The van der Waals surface area contributed by atoms with E-state index in [1.807, 2.05) is 13.8 Å². The molecule has 226 valence electrons. The van der Waals surface area contributed by atoms with E-state index in [0.29, 0.717) is 26.1 Å². The van der Waals surface area contributed by atoms with Crippen LogP contribution in [0.2, 0.25) is 0 Å². The highest BCUT2D eigenvalue weighted by molar-refractivity contribution is 6.38. The van der Waals surface area contributed by atoms with Crippen LogP contribution in [0.25, 0.3) is 0 Å². The Morgan fingerprint density at radius 1 is 0.925 bits per heavy atom. The second kappa shape index (κ2) is 15.5. The summed E-state index contributed by atoms with van der Waals surface area (Å²) in [7, 11) is 0. The summed E-state index contributed by atoms with van der Waals surface area (Å²) in [5, 5.41) is 21.8. The van der Waals surface area contributed by atoms with Crippen LogP contribution in [0.3, 0.4) is 0 Å². The number of nitrogens with zero attached hydrogens (tertiary/aromatic N) is 1. The van der Waals surface area contributed by atoms with Crippen molar-refractivity contribution >= 4 is 35.5 Å². The van der Waals surface area contributed by atoms with Gasteiger partial charge in [-0.15, -0.1) is 0 Å². The molecular formula is C26H43FN6O7. The Kier molecular flexibility index (Phi) is 12.7. The van der Waals surface area contributed by atoms with Gasteiger partial charge < -0.3 is 36.6 Å². The molecule has 2 aliphatic heterocycles. The molecule has 0 saturated carbocycles. The summed E-state index contributed by atoms with van der Waals surface area (Å²) in [6, 6.07) is -4.01. The Labute approximate surface area is 233 Å². The van der Waals surface area contributed by atoms with Crippen molar-refractivity contribution in [3.63, 3.8) is 0 Å². The average molecular weight is 571 g/mol. The fourth-order valence-electron chi connectivity index (χ4n) is 4.81. The van der Waals surface area contributed by atoms with Gasteiger partial charge in [-0.25, -0.2) is 9.18 Å². The summed E-state index contributed by atoms with van der Waals surface area (Å²) in [5.74, 6) is -4.21. The van der Waals surface area contributed by atoms with Gasteiger partial charge in [0.1, 0.15) is 18.3 Å². The highest BCUT2D eigenvalue weighted by Gasteiger charge is 2.36. The number of carbonyl (C=O) groups is 6. The van der Waals surface area contributed by atoms with Gasteiger partial charge in [-0.2, -0.15) is 0 Å². The Bertz CT molecular complexity index is 939. The van der Waals surface area contributed by atoms with E-state index in [1.54, 1.807) is 18.7 Å². The van der Waals surface area contributed by atoms with E-state index in [0.717, 1.165) is 0 Å². The zero-order valence-corrected chi connectivity index (χ0v) is 23.6. The largest absolute Gasteiger partial charge is 0.465 e. The molecule has 0 bridgehead atoms. The molecule has 5 amide bonds. The number of hydrogen-bond donors (Lipinski definition) is 6. The molecule has 0 aromatic rings. The first kappa shape index (κ1) is 32.9. The topological polar surface area (TPSA) is 186 Å². The molecule has 2 saturated heterocycles. The predicted octanol–water partition coefficient (Wildman–Crippen LogP) is -0.308. The number of amides is 5. The van der Waals surface area contributed by atoms with E-state index in [9.17, 15) is 38.3 Å². The third-order valence-corrected chi connectivity index (χ3v) is 6.87. The number of carbonyl (C=O) groups excluding carboxylic acids is 5. The standard InChI is InChI=1S/C26H43FN6O7/c1-14(2)11-19(31-24(37)20(32-26(39)40)13-33-9-6-17(27)7-10-33)23(36)30-18(12-16-5-8-28-22(16)35)21(34)25(38)29-15(3)4/h14-20,32H,5-13H2,1-4H3,(H,28,35)(H,29,38)(H,30,36)(H,31,37)(H,39,40)/t16-,18-,19-,20-/m0/s1. The van der Waals surface area contributed by atoms with E-state index in [2.05, 4.69) is 26.6 Å². The maximum atomic E-state index is 13.5. The molecule has 2 aliphatic rings. The number of piperidine rings is 1. The second-order valence-corrected chi connectivity index (χ2v) is 11.2. The SMILES string of the molecule is CC(C)C[C@H](NC(=O)[C@H](CN1CCC(F)CC1)NC(=O)O)C(=O)N[C@@H](C[C@@H]1CCNC1=O)C(=O)C(=O)NC(C)C.